The molecule has 0 fully saturated rings. The van der Waals surface area contributed by atoms with Crippen LogP contribution in [-0.4, -0.2) is 10.6 Å². The zero-order valence-corrected chi connectivity index (χ0v) is 13.7. The van der Waals surface area contributed by atoms with E-state index in [-0.39, 0.29) is 11.3 Å². The van der Waals surface area contributed by atoms with Crippen molar-refractivity contribution in [3.8, 4) is 11.8 Å². The molecular weight excluding hydrogens is 284 g/mol. The van der Waals surface area contributed by atoms with Gasteiger partial charge in [-0.2, -0.15) is 5.26 Å². The van der Waals surface area contributed by atoms with E-state index < -0.39 is 0 Å². The second-order valence-electron chi connectivity index (χ2n) is 6.58. The third-order valence-electron chi connectivity index (χ3n) is 4.36. The summed E-state index contributed by atoms with van der Waals surface area (Å²) in [6, 6.07) is 15.4. The number of benzene rings is 2. The molecule has 0 spiro atoms. The van der Waals surface area contributed by atoms with E-state index in [4.69, 9.17) is 5.26 Å². The highest BCUT2D eigenvalue weighted by atomic mass is 16.3. The van der Waals surface area contributed by atoms with Crippen molar-refractivity contribution < 1.29 is 5.11 Å². The van der Waals surface area contributed by atoms with Crippen molar-refractivity contribution in [2.75, 3.05) is 4.90 Å². The fourth-order valence-corrected chi connectivity index (χ4v) is 3.28. The molecule has 0 bridgehead atoms. The minimum absolute atomic E-state index is 0.142. The molecule has 0 saturated carbocycles. The number of anilines is 1. The molecule has 23 heavy (non-hydrogen) atoms. The van der Waals surface area contributed by atoms with Gasteiger partial charge in [-0.1, -0.05) is 18.2 Å². The zero-order valence-electron chi connectivity index (χ0n) is 13.7. The molecule has 0 atom stereocenters. The predicted octanol–water partition coefficient (Wildman–Crippen LogP) is 4.47. The number of allylic oxidation sites excluding steroid dienone is 1. The molecule has 1 aliphatic rings. The Balaban J connectivity index is 2.05. The van der Waals surface area contributed by atoms with Crippen molar-refractivity contribution in [3.63, 3.8) is 0 Å². The standard InChI is InChI=1S/C20H20N2O/c1-14-11-20(2,3)22(19-8-7-17(23)10-18(14)19)13-16-6-4-5-15(9-16)12-21/h4-11,23H,13H2,1-3H3. The highest BCUT2D eigenvalue weighted by Gasteiger charge is 2.31. The van der Waals surface area contributed by atoms with E-state index in [2.05, 4.69) is 37.8 Å². The lowest BCUT2D eigenvalue weighted by molar-refractivity contribution is 0.474. The first-order chi connectivity index (χ1) is 10.9. The van der Waals surface area contributed by atoms with Crippen LogP contribution in [0.5, 0.6) is 5.75 Å². The maximum Gasteiger partial charge on any atom is 0.116 e. The Morgan fingerprint density at radius 3 is 2.70 bits per heavy atom. The molecule has 2 aromatic carbocycles. The molecule has 1 N–H and O–H groups in total. The predicted molar refractivity (Wildman–Crippen MR) is 93.2 cm³/mol. The van der Waals surface area contributed by atoms with Gasteiger partial charge in [0.05, 0.1) is 17.2 Å². The molecule has 0 aliphatic carbocycles. The van der Waals surface area contributed by atoms with Crippen LogP contribution in [-0.2, 0) is 6.54 Å². The summed E-state index contributed by atoms with van der Waals surface area (Å²) in [6.45, 7) is 7.15. The highest BCUT2D eigenvalue weighted by Crippen LogP contribution is 2.41. The molecule has 2 aromatic rings. The van der Waals surface area contributed by atoms with E-state index in [1.165, 1.54) is 5.57 Å². The number of nitrogens with zero attached hydrogens (tertiary/aromatic N) is 2. The van der Waals surface area contributed by atoms with E-state index >= 15 is 0 Å². The lowest BCUT2D eigenvalue weighted by atomic mass is 9.88. The van der Waals surface area contributed by atoms with Crippen LogP contribution in [0.3, 0.4) is 0 Å². The maximum absolute atomic E-state index is 9.80. The second kappa shape index (κ2) is 5.48. The van der Waals surface area contributed by atoms with Crippen molar-refractivity contribution in [3.05, 3.63) is 65.2 Å². The first-order valence-corrected chi connectivity index (χ1v) is 7.70. The molecule has 0 unspecified atom stereocenters. The van der Waals surface area contributed by atoms with Crippen molar-refractivity contribution in [2.24, 2.45) is 0 Å². The fraction of sp³-hybridized carbons (Fsp3) is 0.250. The molecule has 0 saturated heterocycles. The van der Waals surface area contributed by atoms with Gasteiger partial charge in [0.2, 0.25) is 0 Å². The van der Waals surface area contributed by atoms with E-state index in [9.17, 15) is 5.11 Å². The van der Waals surface area contributed by atoms with Gasteiger partial charge in [-0.05, 0) is 62.2 Å². The Kier molecular flexibility index (Phi) is 3.61. The molecule has 1 aliphatic heterocycles. The van der Waals surface area contributed by atoms with Crippen molar-refractivity contribution >= 4 is 11.3 Å². The van der Waals surface area contributed by atoms with Crippen molar-refractivity contribution in [2.45, 2.75) is 32.9 Å². The Hall–Kier alpha value is -2.73. The molecule has 0 aromatic heterocycles. The average molecular weight is 304 g/mol. The minimum Gasteiger partial charge on any atom is -0.508 e. The molecule has 3 rings (SSSR count). The number of hydrogen-bond donors (Lipinski definition) is 1. The molecule has 0 radical (unpaired) electrons. The van der Waals surface area contributed by atoms with Gasteiger partial charge in [-0.25, -0.2) is 0 Å². The Bertz CT molecular complexity index is 828. The van der Waals surface area contributed by atoms with Crippen LogP contribution in [0.2, 0.25) is 0 Å². The summed E-state index contributed by atoms with van der Waals surface area (Å²) < 4.78 is 0. The van der Waals surface area contributed by atoms with Crippen LogP contribution in [0, 0.1) is 11.3 Å². The van der Waals surface area contributed by atoms with Crippen LogP contribution >= 0.6 is 0 Å². The molecular formula is C20H20N2O. The molecule has 0 amide bonds. The summed E-state index contributed by atoms with van der Waals surface area (Å²) in [5.41, 5.74) is 4.97. The monoisotopic (exact) mass is 304 g/mol. The largest absolute Gasteiger partial charge is 0.508 e. The number of nitriles is 1. The number of rotatable bonds is 2. The van der Waals surface area contributed by atoms with Gasteiger partial charge in [-0.15, -0.1) is 0 Å². The SMILES string of the molecule is CC1=CC(C)(C)N(Cc2cccc(C#N)c2)c2ccc(O)cc21. The van der Waals surface area contributed by atoms with E-state index in [1.54, 1.807) is 6.07 Å². The number of phenols is 1. The summed E-state index contributed by atoms with van der Waals surface area (Å²) in [4.78, 5) is 2.31. The molecule has 116 valence electrons. The quantitative estimate of drug-likeness (QED) is 0.890. The van der Waals surface area contributed by atoms with Crippen LogP contribution in [0.1, 0.15) is 37.5 Å². The number of fused-ring (bicyclic) bond motifs is 1. The van der Waals surface area contributed by atoms with Crippen LogP contribution < -0.4 is 4.90 Å². The normalized spacial score (nSPS) is 15.6. The molecule has 3 heteroatoms. The summed E-state index contributed by atoms with van der Waals surface area (Å²) in [5.74, 6) is 0.280. The van der Waals surface area contributed by atoms with Gasteiger partial charge in [0.15, 0.2) is 0 Å². The first kappa shape index (κ1) is 15.2. The average Bonchev–Trinajstić information content (AvgIpc) is 2.51. The summed E-state index contributed by atoms with van der Waals surface area (Å²) in [7, 11) is 0. The molecule has 3 nitrogen and oxygen atoms in total. The Morgan fingerprint density at radius 2 is 1.96 bits per heavy atom. The number of hydrogen-bond acceptors (Lipinski definition) is 3. The number of aromatic hydroxyl groups is 1. The Morgan fingerprint density at radius 1 is 1.17 bits per heavy atom. The maximum atomic E-state index is 9.80. The summed E-state index contributed by atoms with van der Waals surface area (Å²) in [6.07, 6.45) is 2.23. The van der Waals surface area contributed by atoms with E-state index in [0.29, 0.717) is 12.1 Å². The molecule has 1 heterocycles. The van der Waals surface area contributed by atoms with Crippen molar-refractivity contribution in [1.82, 2.24) is 0 Å². The third kappa shape index (κ3) is 2.80. The highest BCUT2D eigenvalue weighted by molar-refractivity contribution is 5.82. The van der Waals surface area contributed by atoms with Gasteiger partial charge in [-0.3, -0.25) is 0 Å². The van der Waals surface area contributed by atoms with Gasteiger partial charge >= 0.3 is 0 Å². The van der Waals surface area contributed by atoms with E-state index in [0.717, 1.165) is 16.8 Å². The van der Waals surface area contributed by atoms with Crippen LogP contribution in [0.4, 0.5) is 5.69 Å². The van der Waals surface area contributed by atoms with Crippen LogP contribution in [0.15, 0.2) is 48.5 Å². The number of phenolic OH excluding ortho intramolecular Hbond substituents is 1. The van der Waals surface area contributed by atoms with Crippen LogP contribution in [0.25, 0.3) is 5.57 Å². The minimum atomic E-state index is -0.142. The Labute approximate surface area is 137 Å². The van der Waals surface area contributed by atoms with Crippen molar-refractivity contribution in [1.29, 1.82) is 5.26 Å². The second-order valence-corrected chi connectivity index (χ2v) is 6.58. The third-order valence-corrected chi connectivity index (χ3v) is 4.36. The smallest absolute Gasteiger partial charge is 0.116 e. The summed E-state index contributed by atoms with van der Waals surface area (Å²) >= 11 is 0. The van der Waals surface area contributed by atoms with E-state index in [1.807, 2.05) is 36.4 Å². The van der Waals surface area contributed by atoms with Gasteiger partial charge in [0.1, 0.15) is 5.75 Å². The zero-order chi connectivity index (χ0) is 16.6. The van der Waals surface area contributed by atoms with Gasteiger partial charge < -0.3 is 10.0 Å². The topological polar surface area (TPSA) is 47.3 Å². The summed E-state index contributed by atoms with van der Waals surface area (Å²) in [5, 5.41) is 18.9. The van der Waals surface area contributed by atoms with Gasteiger partial charge in [0, 0.05) is 17.8 Å². The lowest BCUT2D eigenvalue weighted by Gasteiger charge is -2.43. The lowest BCUT2D eigenvalue weighted by Crippen LogP contribution is -2.44. The first-order valence-electron chi connectivity index (χ1n) is 7.70. The fourth-order valence-electron chi connectivity index (χ4n) is 3.28. The van der Waals surface area contributed by atoms with Gasteiger partial charge in [0.25, 0.3) is 0 Å².